The summed E-state index contributed by atoms with van der Waals surface area (Å²) in [6.45, 7) is 6.21. The van der Waals surface area contributed by atoms with Crippen molar-refractivity contribution in [3.05, 3.63) is 29.8 Å². The molecule has 0 spiro atoms. The van der Waals surface area contributed by atoms with Crippen molar-refractivity contribution in [2.45, 2.75) is 25.7 Å². The third-order valence-corrected chi connectivity index (χ3v) is 2.95. The number of hydrogen-bond donors (Lipinski definition) is 0. The highest BCUT2D eigenvalue weighted by molar-refractivity contribution is 6.69. The standard InChI is InChI=1S/C12H17NO2Si/c1-14-11-7-5-10(6-8-11)12(9-13)15-16(2,3)4/h5-8,12H,1-4H3/t12-/m1/s1. The highest BCUT2D eigenvalue weighted by atomic mass is 28.4. The molecule has 86 valence electrons. The highest BCUT2D eigenvalue weighted by Crippen LogP contribution is 2.23. The molecule has 16 heavy (non-hydrogen) atoms. The van der Waals surface area contributed by atoms with Gasteiger partial charge in [-0.25, -0.2) is 0 Å². The van der Waals surface area contributed by atoms with Crippen LogP contribution in [0.25, 0.3) is 0 Å². The number of rotatable bonds is 4. The molecule has 0 N–H and O–H groups in total. The van der Waals surface area contributed by atoms with Crippen LogP contribution in [-0.4, -0.2) is 15.4 Å². The fraction of sp³-hybridized carbons (Fsp3) is 0.417. The monoisotopic (exact) mass is 235 g/mol. The third-order valence-electron chi connectivity index (χ3n) is 2.01. The zero-order valence-electron chi connectivity index (χ0n) is 10.2. The number of nitrogens with zero attached hydrogens (tertiary/aromatic N) is 1. The summed E-state index contributed by atoms with van der Waals surface area (Å²) >= 11 is 0. The largest absolute Gasteiger partial charge is 0.497 e. The summed E-state index contributed by atoms with van der Waals surface area (Å²) < 4.78 is 10.9. The van der Waals surface area contributed by atoms with Crippen LogP contribution in [0.3, 0.4) is 0 Å². The molecule has 0 aromatic heterocycles. The lowest BCUT2D eigenvalue weighted by Crippen LogP contribution is -2.27. The Morgan fingerprint density at radius 1 is 1.19 bits per heavy atom. The maximum absolute atomic E-state index is 9.09. The molecule has 0 aliphatic heterocycles. The van der Waals surface area contributed by atoms with Crippen molar-refractivity contribution in [2.24, 2.45) is 0 Å². The second kappa shape index (κ2) is 5.15. The minimum atomic E-state index is -1.70. The van der Waals surface area contributed by atoms with E-state index in [0.29, 0.717) is 0 Å². The van der Waals surface area contributed by atoms with Crippen molar-refractivity contribution in [3.8, 4) is 11.8 Å². The Kier molecular flexibility index (Phi) is 4.10. The first kappa shape index (κ1) is 12.8. The predicted molar refractivity (Wildman–Crippen MR) is 65.8 cm³/mol. The molecule has 3 nitrogen and oxygen atoms in total. The van der Waals surface area contributed by atoms with Crippen LogP contribution in [0.5, 0.6) is 5.75 Å². The first-order valence-electron chi connectivity index (χ1n) is 5.17. The summed E-state index contributed by atoms with van der Waals surface area (Å²) in [7, 11) is -0.0793. The molecule has 1 rings (SSSR count). The van der Waals surface area contributed by atoms with E-state index in [1.165, 1.54) is 0 Å². The topological polar surface area (TPSA) is 42.2 Å². The second-order valence-corrected chi connectivity index (χ2v) is 8.97. The number of ether oxygens (including phenoxy) is 1. The lowest BCUT2D eigenvalue weighted by Gasteiger charge is -2.21. The SMILES string of the molecule is COc1ccc([C@@H](C#N)O[Si](C)(C)C)cc1. The molecule has 0 aliphatic carbocycles. The highest BCUT2D eigenvalue weighted by Gasteiger charge is 2.22. The zero-order valence-corrected chi connectivity index (χ0v) is 11.2. The summed E-state index contributed by atoms with van der Waals surface area (Å²) in [5.41, 5.74) is 0.880. The van der Waals surface area contributed by atoms with E-state index in [9.17, 15) is 0 Å². The van der Waals surface area contributed by atoms with Gasteiger partial charge < -0.3 is 9.16 Å². The fourth-order valence-electron chi connectivity index (χ4n) is 1.30. The number of methoxy groups -OCH3 is 1. The molecular weight excluding hydrogens is 218 g/mol. The van der Waals surface area contributed by atoms with Gasteiger partial charge in [0.15, 0.2) is 14.4 Å². The molecule has 0 radical (unpaired) electrons. The molecule has 0 unspecified atom stereocenters. The molecule has 1 aromatic rings. The van der Waals surface area contributed by atoms with Gasteiger partial charge in [0.2, 0.25) is 0 Å². The molecule has 0 fully saturated rings. The van der Waals surface area contributed by atoms with E-state index in [1.807, 2.05) is 24.3 Å². The molecule has 4 heteroatoms. The Labute approximate surface area is 97.7 Å². The molecule has 0 saturated carbocycles. The van der Waals surface area contributed by atoms with Crippen molar-refractivity contribution in [3.63, 3.8) is 0 Å². The van der Waals surface area contributed by atoms with E-state index >= 15 is 0 Å². The van der Waals surface area contributed by atoms with Gasteiger partial charge in [-0.3, -0.25) is 0 Å². The molecular formula is C12H17NO2Si. The van der Waals surface area contributed by atoms with Gasteiger partial charge >= 0.3 is 0 Å². The van der Waals surface area contributed by atoms with Crippen LogP contribution >= 0.6 is 0 Å². The van der Waals surface area contributed by atoms with E-state index in [0.717, 1.165) is 11.3 Å². The first-order chi connectivity index (χ1) is 7.46. The van der Waals surface area contributed by atoms with Gasteiger partial charge in [-0.15, -0.1) is 0 Å². The van der Waals surface area contributed by atoms with Crippen molar-refractivity contribution >= 4 is 8.32 Å². The van der Waals surface area contributed by atoms with E-state index in [2.05, 4.69) is 25.7 Å². The van der Waals surface area contributed by atoms with Gasteiger partial charge in [-0.05, 0) is 37.3 Å². The van der Waals surface area contributed by atoms with E-state index in [4.69, 9.17) is 14.4 Å². The second-order valence-electron chi connectivity index (χ2n) is 4.51. The Hall–Kier alpha value is -1.31. The Bertz CT molecular complexity index is 375. The smallest absolute Gasteiger partial charge is 0.186 e. The number of benzene rings is 1. The van der Waals surface area contributed by atoms with E-state index < -0.39 is 14.4 Å². The average Bonchev–Trinajstić information content (AvgIpc) is 2.25. The van der Waals surface area contributed by atoms with Crippen molar-refractivity contribution in [1.82, 2.24) is 0 Å². The average molecular weight is 235 g/mol. The van der Waals surface area contributed by atoms with Crippen LogP contribution in [0.4, 0.5) is 0 Å². The summed E-state index contributed by atoms with van der Waals surface area (Å²) in [4.78, 5) is 0. The molecule has 0 bridgehead atoms. The van der Waals surface area contributed by atoms with Crippen LogP contribution < -0.4 is 4.74 Å². The van der Waals surface area contributed by atoms with E-state index in [-0.39, 0.29) is 0 Å². The number of hydrogen-bond acceptors (Lipinski definition) is 3. The summed E-state index contributed by atoms with van der Waals surface area (Å²) in [6, 6.07) is 9.60. The Balaban J connectivity index is 2.84. The predicted octanol–water partition coefficient (Wildman–Crippen LogP) is 3.11. The minimum Gasteiger partial charge on any atom is -0.497 e. The van der Waals surface area contributed by atoms with Gasteiger partial charge in [0.1, 0.15) is 5.75 Å². The fourth-order valence-corrected chi connectivity index (χ4v) is 2.20. The van der Waals surface area contributed by atoms with Crippen molar-refractivity contribution in [2.75, 3.05) is 7.11 Å². The van der Waals surface area contributed by atoms with Gasteiger partial charge in [0.05, 0.1) is 13.2 Å². The van der Waals surface area contributed by atoms with Crippen LogP contribution in [0, 0.1) is 11.3 Å². The summed E-state index contributed by atoms with van der Waals surface area (Å²) in [6.07, 6.45) is -0.474. The first-order valence-corrected chi connectivity index (χ1v) is 8.58. The zero-order chi connectivity index (χ0) is 12.2. The van der Waals surface area contributed by atoms with Crippen LogP contribution in [-0.2, 0) is 4.43 Å². The molecule has 0 heterocycles. The van der Waals surface area contributed by atoms with Gasteiger partial charge in [0.25, 0.3) is 0 Å². The lowest BCUT2D eigenvalue weighted by molar-refractivity contribution is 0.255. The van der Waals surface area contributed by atoms with Gasteiger partial charge in [0, 0.05) is 0 Å². The minimum absolute atomic E-state index is 0.474. The normalized spacial score (nSPS) is 12.9. The molecule has 0 amide bonds. The van der Waals surface area contributed by atoms with Crippen LogP contribution in [0.2, 0.25) is 19.6 Å². The van der Waals surface area contributed by atoms with Crippen molar-refractivity contribution < 1.29 is 9.16 Å². The van der Waals surface area contributed by atoms with Crippen LogP contribution in [0.1, 0.15) is 11.7 Å². The van der Waals surface area contributed by atoms with E-state index in [1.54, 1.807) is 7.11 Å². The maximum Gasteiger partial charge on any atom is 0.186 e. The maximum atomic E-state index is 9.09. The van der Waals surface area contributed by atoms with Crippen molar-refractivity contribution in [1.29, 1.82) is 5.26 Å². The van der Waals surface area contributed by atoms with Gasteiger partial charge in [-0.1, -0.05) is 12.1 Å². The quantitative estimate of drug-likeness (QED) is 0.753. The van der Waals surface area contributed by atoms with Gasteiger partial charge in [-0.2, -0.15) is 5.26 Å². The lowest BCUT2D eigenvalue weighted by atomic mass is 10.1. The molecule has 1 aromatic carbocycles. The Morgan fingerprint density at radius 3 is 2.12 bits per heavy atom. The Morgan fingerprint density at radius 2 is 1.75 bits per heavy atom. The summed E-state index contributed by atoms with van der Waals surface area (Å²) in [5, 5.41) is 9.09. The van der Waals surface area contributed by atoms with Crippen LogP contribution in [0.15, 0.2) is 24.3 Å². The molecule has 0 saturated heterocycles. The number of nitriles is 1. The summed E-state index contributed by atoms with van der Waals surface area (Å²) in [5.74, 6) is 0.786. The molecule has 1 atom stereocenters. The third kappa shape index (κ3) is 3.68. The molecule has 0 aliphatic rings.